The third-order valence-electron chi connectivity index (χ3n) is 6.03. The number of piperazine rings is 1. The van der Waals surface area contributed by atoms with Gasteiger partial charge in [-0.2, -0.15) is 0 Å². The van der Waals surface area contributed by atoms with Crippen LogP contribution in [0.4, 0.5) is 10.5 Å². The standard InChI is InChI=1S/C21H21N5O4S/c27-18-12-16(23-6-8-24(9-7-23)20(28)19-22-4-10-31-19)13-26(18)15-1-2-17-14(11-15)3-5-25(17)21(29)30/h1-5,10-11,16H,6-9,12-13H2,(H,29,30). The molecular formula is C21H21N5O4S. The number of carbonyl (C=O) groups is 3. The molecule has 1 aromatic carbocycles. The fraction of sp³-hybridized carbons (Fsp3) is 0.333. The average Bonchev–Trinajstić information content (AvgIpc) is 3.52. The van der Waals surface area contributed by atoms with Crippen LogP contribution in [0.25, 0.3) is 10.9 Å². The highest BCUT2D eigenvalue weighted by atomic mass is 32.1. The first-order chi connectivity index (χ1) is 15.0. The highest BCUT2D eigenvalue weighted by Gasteiger charge is 2.36. The Morgan fingerprint density at radius 1 is 1.13 bits per heavy atom. The van der Waals surface area contributed by atoms with E-state index in [0.29, 0.717) is 36.6 Å². The van der Waals surface area contributed by atoms with E-state index >= 15 is 0 Å². The number of thiazole rings is 1. The number of fused-ring (bicyclic) bond motifs is 1. The van der Waals surface area contributed by atoms with E-state index in [0.717, 1.165) is 24.2 Å². The topological polar surface area (TPSA) is 99.0 Å². The first-order valence-electron chi connectivity index (χ1n) is 10.1. The largest absolute Gasteiger partial charge is 0.464 e. The predicted octanol–water partition coefficient (Wildman–Crippen LogP) is 2.19. The quantitative estimate of drug-likeness (QED) is 0.672. The molecule has 0 bridgehead atoms. The maximum absolute atomic E-state index is 12.7. The van der Waals surface area contributed by atoms with Crippen molar-refractivity contribution in [2.45, 2.75) is 12.5 Å². The van der Waals surface area contributed by atoms with Gasteiger partial charge in [-0.3, -0.25) is 19.1 Å². The molecule has 5 rings (SSSR count). The Labute approximate surface area is 182 Å². The Balaban J connectivity index is 1.25. The minimum absolute atomic E-state index is 0.0274. The molecule has 9 nitrogen and oxygen atoms in total. The third kappa shape index (κ3) is 3.57. The SMILES string of the molecule is O=C(c1nccs1)N1CCN(C2CC(=O)N(c3ccc4c(ccn4C(=O)O)c3)C2)CC1. The Morgan fingerprint density at radius 3 is 2.65 bits per heavy atom. The molecule has 31 heavy (non-hydrogen) atoms. The molecule has 4 heterocycles. The van der Waals surface area contributed by atoms with Gasteiger partial charge in [0.05, 0.1) is 5.52 Å². The van der Waals surface area contributed by atoms with Crippen LogP contribution >= 0.6 is 11.3 Å². The maximum Gasteiger partial charge on any atom is 0.415 e. The summed E-state index contributed by atoms with van der Waals surface area (Å²) in [7, 11) is 0. The van der Waals surface area contributed by atoms with E-state index in [4.69, 9.17) is 0 Å². The minimum atomic E-state index is -1.03. The lowest BCUT2D eigenvalue weighted by atomic mass is 10.2. The van der Waals surface area contributed by atoms with Crippen LogP contribution in [0, 0.1) is 0 Å². The number of anilines is 1. The first-order valence-corrected chi connectivity index (χ1v) is 11.0. The van der Waals surface area contributed by atoms with Crippen LogP contribution in [0.3, 0.4) is 0 Å². The normalized spacial score (nSPS) is 20.0. The molecule has 2 aromatic heterocycles. The molecule has 160 valence electrons. The average molecular weight is 439 g/mol. The van der Waals surface area contributed by atoms with Crippen LogP contribution in [-0.2, 0) is 4.79 Å². The number of nitrogens with zero attached hydrogens (tertiary/aromatic N) is 5. The predicted molar refractivity (Wildman–Crippen MR) is 116 cm³/mol. The van der Waals surface area contributed by atoms with Gasteiger partial charge in [0, 0.05) is 74.0 Å². The Morgan fingerprint density at radius 2 is 1.94 bits per heavy atom. The first kappa shape index (κ1) is 19.7. The summed E-state index contributed by atoms with van der Waals surface area (Å²) in [4.78, 5) is 46.5. The van der Waals surface area contributed by atoms with Crippen LogP contribution in [0.15, 0.2) is 42.0 Å². The number of carbonyl (C=O) groups excluding carboxylic acids is 2. The van der Waals surface area contributed by atoms with E-state index in [1.165, 1.54) is 22.1 Å². The van der Waals surface area contributed by atoms with Crippen molar-refractivity contribution < 1.29 is 19.5 Å². The van der Waals surface area contributed by atoms with E-state index < -0.39 is 6.09 Å². The second-order valence-corrected chi connectivity index (χ2v) is 8.63. The summed E-state index contributed by atoms with van der Waals surface area (Å²) in [5.74, 6) is 0.0312. The lowest BCUT2D eigenvalue weighted by molar-refractivity contribution is -0.117. The Kier molecular flexibility index (Phi) is 4.95. The summed E-state index contributed by atoms with van der Waals surface area (Å²) < 4.78 is 1.17. The van der Waals surface area contributed by atoms with Crippen molar-refractivity contribution >= 4 is 45.8 Å². The number of hydrogen-bond acceptors (Lipinski definition) is 6. The summed E-state index contributed by atoms with van der Waals surface area (Å²) in [6, 6.07) is 7.24. The van der Waals surface area contributed by atoms with Gasteiger partial charge < -0.3 is 14.9 Å². The maximum atomic E-state index is 12.7. The number of benzene rings is 1. The summed E-state index contributed by atoms with van der Waals surface area (Å²) in [5, 5.41) is 12.3. The van der Waals surface area contributed by atoms with Gasteiger partial charge in [0.1, 0.15) is 0 Å². The van der Waals surface area contributed by atoms with Crippen LogP contribution in [0.5, 0.6) is 0 Å². The van der Waals surface area contributed by atoms with Gasteiger partial charge in [-0.15, -0.1) is 11.3 Å². The lowest BCUT2D eigenvalue weighted by Gasteiger charge is -2.37. The molecule has 1 unspecified atom stereocenters. The molecule has 0 saturated carbocycles. The highest BCUT2D eigenvalue weighted by Crippen LogP contribution is 2.28. The zero-order chi connectivity index (χ0) is 21.5. The van der Waals surface area contributed by atoms with E-state index in [9.17, 15) is 19.5 Å². The van der Waals surface area contributed by atoms with Gasteiger partial charge in [-0.25, -0.2) is 9.78 Å². The van der Waals surface area contributed by atoms with Gasteiger partial charge in [0.25, 0.3) is 5.91 Å². The molecule has 1 N–H and O–H groups in total. The number of amides is 2. The zero-order valence-corrected chi connectivity index (χ0v) is 17.5. The van der Waals surface area contributed by atoms with Gasteiger partial charge >= 0.3 is 6.09 Å². The van der Waals surface area contributed by atoms with E-state index in [2.05, 4.69) is 9.88 Å². The molecule has 2 aliphatic heterocycles. The van der Waals surface area contributed by atoms with Gasteiger partial charge in [0.2, 0.25) is 5.91 Å². The number of hydrogen-bond donors (Lipinski definition) is 1. The molecule has 2 amide bonds. The summed E-state index contributed by atoms with van der Waals surface area (Å²) in [6.45, 7) is 3.28. The van der Waals surface area contributed by atoms with Crippen molar-refractivity contribution in [2.24, 2.45) is 0 Å². The lowest BCUT2D eigenvalue weighted by Crippen LogP contribution is -2.52. The second-order valence-electron chi connectivity index (χ2n) is 7.74. The fourth-order valence-corrected chi connectivity index (χ4v) is 5.00. The summed E-state index contributed by atoms with van der Waals surface area (Å²) in [6.07, 6.45) is 2.56. The second kappa shape index (κ2) is 7.78. The van der Waals surface area contributed by atoms with Crippen LogP contribution in [0.2, 0.25) is 0 Å². The fourth-order valence-electron chi connectivity index (χ4n) is 4.40. The van der Waals surface area contributed by atoms with E-state index in [1.807, 2.05) is 11.0 Å². The highest BCUT2D eigenvalue weighted by molar-refractivity contribution is 7.11. The van der Waals surface area contributed by atoms with Crippen LogP contribution in [0.1, 0.15) is 16.2 Å². The minimum Gasteiger partial charge on any atom is -0.464 e. The molecule has 3 aromatic rings. The van der Waals surface area contributed by atoms with Gasteiger partial charge in [0.15, 0.2) is 5.01 Å². The van der Waals surface area contributed by atoms with Crippen molar-refractivity contribution in [1.82, 2.24) is 19.4 Å². The molecule has 0 spiro atoms. The molecule has 0 radical (unpaired) electrons. The summed E-state index contributed by atoms with van der Waals surface area (Å²) >= 11 is 1.35. The summed E-state index contributed by atoms with van der Waals surface area (Å²) in [5.41, 5.74) is 1.38. The van der Waals surface area contributed by atoms with Crippen LogP contribution < -0.4 is 4.90 Å². The Bertz CT molecular complexity index is 1150. The van der Waals surface area contributed by atoms with Crippen LogP contribution in [-0.4, -0.2) is 81.1 Å². The van der Waals surface area contributed by atoms with Crippen molar-refractivity contribution in [2.75, 3.05) is 37.6 Å². The zero-order valence-electron chi connectivity index (χ0n) is 16.7. The van der Waals surface area contributed by atoms with Crippen molar-refractivity contribution in [1.29, 1.82) is 0 Å². The molecule has 1 atom stereocenters. The smallest absolute Gasteiger partial charge is 0.415 e. The molecule has 2 saturated heterocycles. The van der Waals surface area contributed by atoms with Crippen molar-refractivity contribution in [3.8, 4) is 0 Å². The van der Waals surface area contributed by atoms with E-state index in [1.54, 1.807) is 34.7 Å². The van der Waals surface area contributed by atoms with Crippen molar-refractivity contribution in [3.05, 3.63) is 47.0 Å². The molecule has 2 aliphatic rings. The number of rotatable bonds is 3. The molecule has 2 fully saturated rings. The monoisotopic (exact) mass is 439 g/mol. The van der Waals surface area contributed by atoms with Gasteiger partial charge in [-0.05, 0) is 24.3 Å². The Hall–Kier alpha value is -3.24. The van der Waals surface area contributed by atoms with Gasteiger partial charge in [-0.1, -0.05) is 0 Å². The number of aromatic nitrogens is 2. The van der Waals surface area contributed by atoms with Crippen molar-refractivity contribution in [3.63, 3.8) is 0 Å². The molecule has 0 aliphatic carbocycles. The molecule has 10 heteroatoms. The molecular weight excluding hydrogens is 418 g/mol. The van der Waals surface area contributed by atoms with E-state index in [-0.39, 0.29) is 17.9 Å². The number of carboxylic acid groups (broad SMARTS) is 1. The third-order valence-corrected chi connectivity index (χ3v) is 6.79.